The Morgan fingerprint density at radius 1 is 1.18 bits per heavy atom. The maximum Gasteiger partial charge on any atom is 0.128 e. The van der Waals surface area contributed by atoms with E-state index in [0.29, 0.717) is 0 Å². The lowest BCUT2D eigenvalue weighted by atomic mass is 10.2. The van der Waals surface area contributed by atoms with Crippen molar-refractivity contribution in [3.63, 3.8) is 0 Å². The summed E-state index contributed by atoms with van der Waals surface area (Å²) in [5.41, 5.74) is 2.51. The number of aromatic nitrogens is 2. The highest BCUT2D eigenvalue weighted by Gasteiger charge is 2.16. The molecule has 1 fully saturated rings. The molecule has 0 amide bonds. The highest BCUT2D eigenvalue weighted by molar-refractivity contribution is 5.46. The zero-order chi connectivity index (χ0) is 12.3. The number of likely N-dealkylation sites (tertiary alicyclic amines) is 1. The summed E-state index contributed by atoms with van der Waals surface area (Å²) < 4.78 is 1.95. The van der Waals surface area contributed by atoms with Crippen molar-refractivity contribution in [3.8, 4) is 0 Å². The number of anilines is 1. The highest BCUT2D eigenvalue weighted by atomic mass is 15.3. The van der Waals surface area contributed by atoms with Gasteiger partial charge in [0.15, 0.2) is 0 Å². The van der Waals surface area contributed by atoms with Gasteiger partial charge in [-0.2, -0.15) is 5.10 Å². The van der Waals surface area contributed by atoms with E-state index in [0.717, 1.165) is 18.1 Å². The molecule has 0 spiro atoms. The number of hydrogen-bond acceptors (Lipinski definition) is 3. The molecule has 2 rings (SSSR count). The SMILES string of the molecule is CNc1c(CN2CCCCCC2)c(C)nn1C. The maximum absolute atomic E-state index is 4.50. The molecule has 1 aromatic heterocycles. The molecule has 1 aliphatic rings. The Balaban J connectivity index is 2.11. The molecule has 0 saturated carbocycles. The van der Waals surface area contributed by atoms with E-state index in [1.807, 2.05) is 18.8 Å². The van der Waals surface area contributed by atoms with Crippen LogP contribution in [0.1, 0.15) is 36.9 Å². The highest BCUT2D eigenvalue weighted by Crippen LogP contribution is 2.21. The van der Waals surface area contributed by atoms with Crippen molar-refractivity contribution in [1.82, 2.24) is 14.7 Å². The summed E-state index contributed by atoms with van der Waals surface area (Å²) in [5, 5.41) is 7.76. The van der Waals surface area contributed by atoms with E-state index in [1.165, 1.54) is 44.3 Å². The Kier molecular flexibility index (Phi) is 4.05. The number of nitrogens with zero attached hydrogens (tertiary/aromatic N) is 3. The number of aryl methyl sites for hydroxylation is 2. The van der Waals surface area contributed by atoms with Gasteiger partial charge in [-0.25, -0.2) is 0 Å². The molecule has 1 aromatic rings. The van der Waals surface area contributed by atoms with E-state index in [-0.39, 0.29) is 0 Å². The Morgan fingerprint density at radius 3 is 2.41 bits per heavy atom. The second-order valence-corrected chi connectivity index (χ2v) is 4.98. The summed E-state index contributed by atoms with van der Waals surface area (Å²) in [6, 6.07) is 0. The van der Waals surface area contributed by atoms with Crippen LogP contribution in [0.4, 0.5) is 5.82 Å². The summed E-state index contributed by atoms with van der Waals surface area (Å²) in [7, 11) is 3.98. The predicted octanol–water partition coefficient (Wildman–Crippen LogP) is 2.15. The Labute approximate surface area is 104 Å². The van der Waals surface area contributed by atoms with Crippen molar-refractivity contribution in [3.05, 3.63) is 11.3 Å². The Morgan fingerprint density at radius 2 is 1.82 bits per heavy atom. The van der Waals surface area contributed by atoms with Crippen LogP contribution in [0.3, 0.4) is 0 Å². The third-order valence-corrected chi connectivity index (χ3v) is 3.66. The van der Waals surface area contributed by atoms with Crippen LogP contribution in [0.15, 0.2) is 0 Å². The van der Waals surface area contributed by atoms with E-state index in [1.54, 1.807) is 0 Å². The second kappa shape index (κ2) is 5.54. The maximum atomic E-state index is 4.50. The first-order valence-electron chi connectivity index (χ1n) is 6.65. The van der Waals surface area contributed by atoms with E-state index < -0.39 is 0 Å². The van der Waals surface area contributed by atoms with Gasteiger partial charge in [-0.15, -0.1) is 0 Å². The van der Waals surface area contributed by atoms with Crippen LogP contribution in [-0.4, -0.2) is 34.8 Å². The van der Waals surface area contributed by atoms with Gasteiger partial charge in [0.25, 0.3) is 0 Å². The lowest BCUT2D eigenvalue weighted by Gasteiger charge is -2.20. The molecule has 0 aliphatic carbocycles. The molecule has 1 aliphatic heterocycles. The fraction of sp³-hybridized carbons (Fsp3) is 0.769. The van der Waals surface area contributed by atoms with E-state index >= 15 is 0 Å². The van der Waals surface area contributed by atoms with E-state index in [9.17, 15) is 0 Å². The van der Waals surface area contributed by atoms with Crippen LogP contribution < -0.4 is 5.32 Å². The zero-order valence-corrected chi connectivity index (χ0v) is 11.3. The van der Waals surface area contributed by atoms with Gasteiger partial charge in [0, 0.05) is 26.2 Å². The third kappa shape index (κ3) is 2.80. The molecule has 4 nitrogen and oxygen atoms in total. The van der Waals surface area contributed by atoms with Gasteiger partial charge < -0.3 is 5.32 Å². The summed E-state index contributed by atoms with van der Waals surface area (Å²) >= 11 is 0. The fourth-order valence-electron chi connectivity index (χ4n) is 2.72. The van der Waals surface area contributed by atoms with Gasteiger partial charge in [0.05, 0.1) is 5.69 Å². The number of hydrogen-bond donors (Lipinski definition) is 1. The monoisotopic (exact) mass is 236 g/mol. The molecule has 0 radical (unpaired) electrons. The molecule has 0 bridgehead atoms. The van der Waals surface area contributed by atoms with Gasteiger partial charge in [-0.05, 0) is 32.9 Å². The Hall–Kier alpha value is -1.03. The summed E-state index contributed by atoms with van der Waals surface area (Å²) in [4.78, 5) is 2.57. The summed E-state index contributed by atoms with van der Waals surface area (Å²) in [6.45, 7) is 5.61. The van der Waals surface area contributed by atoms with Gasteiger partial charge in [-0.3, -0.25) is 9.58 Å². The molecule has 0 aromatic carbocycles. The topological polar surface area (TPSA) is 33.1 Å². The second-order valence-electron chi connectivity index (χ2n) is 4.98. The van der Waals surface area contributed by atoms with Crippen molar-refractivity contribution in [1.29, 1.82) is 0 Å². The molecular weight excluding hydrogens is 212 g/mol. The van der Waals surface area contributed by atoms with Crippen LogP contribution in [0.2, 0.25) is 0 Å². The van der Waals surface area contributed by atoms with Crippen LogP contribution in [-0.2, 0) is 13.6 Å². The first-order chi connectivity index (χ1) is 8.22. The number of nitrogens with one attached hydrogen (secondary N) is 1. The average Bonchev–Trinajstić information content (AvgIpc) is 2.50. The van der Waals surface area contributed by atoms with E-state index in [2.05, 4.69) is 22.2 Å². The molecule has 17 heavy (non-hydrogen) atoms. The zero-order valence-electron chi connectivity index (χ0n) is 11.3. The minimum Gasteiger partial charge on any atom is -0.373 e. The minimum absolute atomic E-state index is 1.04. The molecule has 1 saturated heterocycles. The minimum atomic E-state index is 1.04. The first kappa shape index (κ1) is 12.4. The average molecular weight is 236 g/mol. The standard InChI is InChI=1S/C13H24N4/c1-11-12(13(14-2)16(3)15-11)10-17-8-6-4-5-7-9-17/h14H,4-10H2,1-3H3. The van der Waals surface area contributed by atoms with Crippen molar-refractivity contribution in [2.24, 2.45) is 7.05 Å². The molecule has 0 unspecified atom stereocenters. The molecule has 2 heterocycles. The summed E-state index contributed by atoms with van der Waals surface area (Å²) in [6.07, 6.45) is 5.46. The molecule has 0 atom stereocenters. The summed E-state index contributed by atoms with van der Waals surface area (Å²) in [5.74, 6) is 1.16. The normalized spacial score (nSPS) is 18.1. The molecular formula is C13H24N4. The first-order valence-corrected chi connectivity index (χ1v) is 6.65. The number of rotatable bonds is 3. The smallest absolute Gasteiger partial charge is 0.128 e. The Bertz CT molecular complexity index is 362. The van der Waals surface area contributed by atoms with Crippen molar-refractivity contribution in [2.45, 2.75) is 39.2 Å². The quantitative estimate of drug-likeness (QED) is 0.873. The fourth-order valence-corrected chi connectivity index (χ4v) is 2.72. The van der Waals surface area contributed by atoms with Crippen LogP contribution in [0.25, 0.3) is 0 Å². The molecule has 4 heteroatoms. The largest absolute Gasteiger partial charge is 0.373 e. The lowest BCUT2D eigenvalue weighted by molar-refractivity contribution is 0.277. The lowest BCUT2D eigenvalue weighted by Crippen LogP contribution is -2.24. The van der Waals surface area contributed by atoms with Crippen molar-refractivity contribution >= 4 is 5.82 Å². The van der Waals surface area contributed by atoms with Crippen molar-refractivity contribution in [2.75, 3.05) is 25.5 Å². The van der Waals surface area contributed by atoms with E-state index in [4.69, 9.17) is 0 Å². The van der Waals surface area contributed by atoms with Gasteiger partial charge >= 0.3 is 0 Å². The third-order valence-electron chi connectivity index (χ3n) is 3.66. The van der Waals surface area contributed by atoms with Gasteiger partial charge in [0.2, 0.25) is 0 Å². The van der Waals surface area contributed by atoms with Crippen LogP contribution in [0, 0.1) is 6.92 Å². The van der Waals surface area contributed by atoms with Crippen molar-refractivity contribution < 1.29 is 0 Å². The predicted molar refractivity (Wildman–Crippen MR) is 71.2 cm³/mol. The van der Waals surface area contributed by atoms with Gasteiger partial charge in [0.1, 0.15) is 5.82 Å². The molecule has 96 valence electrons. The van der Waals surface area contributed by atoms with Crippen LogP contribution in [0.5, 0.6) is 0 Å². The van der Waals surface area contributed by atoms with Crippen LogP contribution >= 0.6 is 0 Å². The van der Waals surface area contributed by atoms with Gasteiger partial charge in [-0.1, -0.05) is 12.8 Å². The molecule has 1 N–H and O–H groups in total.